The third-order valence-electron chi connectivity index (χ3n) is 5.95. The monoisotopic (exact) mass is 445 g/mol. The maximum atomic E-state index is 7.64. The molecule has 1 aromatic carbocycles. The molecule has 0 bridgehead atoms. The van der Waals surface area contributed by atoms with Gasteiger partial charge >= 0.3 is 0 Å². The van der Waals surface area contributed by atoms with E-state index in [0.717, 1.165) is 45.4 Å². The number of hydrogen-bond donors (Lipinski definition) is 3. The molecule has 0 radical (unpaired) electrons. The van der Waals surface area contributed by atoms with Crippen LogP contribution in [0, 0.1) is 19.3 Å². The van der Waals surface area contributed by atoms with Crippen molar-refractivity contribution in [2.24, 2.45) is 5.73 Å². The lowest BCUT2D eigenvalue weighted by atomic mass is 9.99. The summed E-state index contributed by atoms with van der Waals surface area (Å²) in [5.74, 6) is 0.842. The first kappa shape index (κ1) is 20.8. The summed E-state index contributed by atoms with van der Waals surface area (Å²) >= 11 is 1.57. The van der Waals surface area contributed by atoms with Gasteiger partial charge in [-0.05, 0) is 85.0 Å². The van der Waals surface area contributed by atoms with Crippen molar-refractivity contribution in [1.82, 2.24) is 23.9 Å². The van der Waals surface area contributed by atoms with Crippen molar-refractivity contribution in [3.8, 4) is 0 Å². The van der Waals surface area contributed by atoms with Gasteiger partial charge in [0.15, 0.2) is 0 Å². The maximum absolute atomic E-state index is 7.64. The number of pyridine rings is 1. The van der Waals surface area contributed by atoms with Gasteiger partial charge in [-0.15, -0.1) is 0 Å². The van der Waals surface area contributed by atoms with Crippen molar-refractivity contribution < 1.29 is 0 Å². The van der Waals surface area contributed by atoms with Crippen LogP contribution in [0.2, 0.25) is 0 Å². The zero-order valence-electron chi connectivity index (χ0n) is 18.3. The summed E-state index contributed by atoms with van der Waals surface area (Å²) in [6.07, 6.45) is 10.8. The lowest BCUT2D eigenvalue weighted by molar-refractivity contribution is 0.675. The predicted molar refractivity (Wildman–Crippen MR) is 128 cm³/mol. The Balaban J connectivity index is 1.20. The highest BCUT2D eigenvalue weighted by Crippen LogP contribution is 2.39. The average Bonchev–Trinajstić information content (AvgIpc) is 3.39. The Morgan fingerprint density at radius 2 is 1.97 bits per heavy atom. The molecule has 5 rings (SSSR count). The maximum Gasteiger partial charge on any atom is 0.137 e. The fraction of sp³-hybridized carbons (Fsp3) is 0.292. The quantitative estimate of drug-likeness (QED) is 0.215. The molecular formula is C24H27N7S. The van der Waals surface area contributed by atoms with Crippen molar-refractivity contribution in [2.45, 2.75) is 50.6 Å². The van der Waals surface area contributed by atoms with Crippen LogP contribution >= 0.6 is 11.9 Å². The molecular weight excluding hydrogens is 418 g/mol. The number of amidine groups is 1. The molecule has 0 saturated heterocycles. The normalized spacial score (nSPS) is 13.7. The van der Waals surface area contributed by atoms with Gasteiger partial charge in [0.2, 0.25) is 0 Å². The minimum absolute atomic E-state index is 0.103. The van der Waals surface area contributed by atoms with E-state index in [9.17, 15) is 0 Å². The number of fused-ring (bicyclic) bond motifs is 1. The van der Waals surface area contributed by atoms with Gasteiger partial charge < -0.3 is 10.1 Å². The Morgan fingerprint density at radius 1 is 1.19 bits per heavy atom. The van der Waals surface area contributed by atoms with E-state index < -0.39 is 0 Å². The third kappa shape index (κ3) is 4.42. The highest BCUT2D eigenvalue weighted by molar-refractivity contribution is 7.97. The molecule has 0 atom stereocenters. The highest BCUT2D eigenvalue weighted by atomic mass is 32.2. The number of benzene rings is 1. The number of nitrogens with zero attached hydrogens (tertiary/aromatic N) is 4. The number of nitrogens with one attached hydrogen (secondary N) is 2. The smallest absolute Gasteiger partial charge is 0.137 e. The van der Waals surface area contributed by atoms with Crippen LogP contribution in [0.15, 0.2) is 53.9 Å². The van der Waals surface area contributed by atoms with Crippen molar-refractivity contribution in [1.29, 1.82) is 5.41 Å². The van der Waals surface area contributed by atoms with Crippen LogP contribution in [-0.4, -0.2) is 25.0 Å². The molecule has 1 saturated carbocycles. The van der Waals surface area contributed by atoms with Gasteiger partial charge in [-0.25, -0.2) is 4.98 Å². The van der Waals surface area contributed by atoms with Gasteiger partial charge in [-0.1, -0.05) is 6.07 Å². The Hall–Kier alpha value is -3.10. The van der Waals surface area contributed by atoms with Crippen LogP contribution in [0.4, 0.5) is 0 Å². The van der Waals surface area contributed by atoms with Crippen LogP contribution in [-0.2, 0) is 13.1 Å². The van der Waals surface area contributed by atoms with Gasteiger partial charge in [0.05, 0.1) is 23.3 Å². The SMILES string of the molecule is Cc1cc(C(=N)N)cc(C)c1CNSc1cnn(Cc2cn3cc(C4CC4)ccc3n2)c1. The molecule has 4 aromatic rings. The van der Waals surface area contributed by atoms with Crippen LogP contribution in [0.5, 0.6) is 0 Å². The van der Waals surface area contributed by atoms with E-state index in [4.69, 9.17) is 16.1 Å². The molecule has 1 fully saturated rings. The van der Waals surface area contributed by atoms with E-state index in [1.54, 1.807) is 11.9 Å². The van der Waals surface area contributed by atoms with E-state index in [2.05, 4.69) is 52.6 Å². The second-order valence-corrected chi connectivity index (χ2v) is 9.50. The lowest BCUT2D eigenvalue weighted by Crippen LogP contribution is -2.13. The van der Waals surface area contributed by atoms with Crippen molar-refractivity contribution in [3.05, 3.63) is 82.6 Å². The molecule has 0 spiro atoms. The number of nitrogens with two attached hydrogens (primary N) is 1. The summed E-state index contributed by atoms with van der Waals surface area (Å²) in [7, 11) is 0. The number of aromatic nitrogens is 4. The minimum Gasteiger partial charge on any atom is -0.384 e. The molecule has 3 heterocycles. The van der Waals surface area contributed by atoms with Crippen LogP contribution in [0.1, 0.15) is 52.3 Å². The summed E-state index contributed by atoms with van der Waals surface area (Å²) in [4.78, 5) is 5.79. The first-order chi connectivity index (χ1) is 15.5. The Labute approximate surface area is 191 Å². The van der Waals surface area contributed by atoms with Gasteiger partial charge in [-0.3, -0.25) is 14.8 Å². The summed E-state index contributed by atoms with van der Waals surface area (Å²) in [6, 6.07) is 8.25. The molecule has 7 nitrogen and oxygen atoms in total. The number of aryl methyl sites for hydroxylation is 2. The predicted octanol–water partition coefficient (Wildman–Crippen LogP) is 4.15. The van der Waals surface area contributed by atoms with E-state index >= 15 is 0 Å². The molecule has 164 valence electrons. The van der Waals surface area contributed by atoms with Gasteiger partial charge in [0, 0.05) is 30.7 Å². The summed E-state index contributed by atoms with van der Waals surface area (Å²) in [5, 5.41) is 12.1. The number of imidazole rings is 1. The molecule has 3 aromatic heterocycles. The van der Waals surface area contributed by atoms with E-state index in [1.165, 1.54) is 24.0 Å². The fourth-order valence-corrected chi connectivity index (χ4v) is 4.72. The summed E-state index contributed by atoms with van der Waals surface area (Å²) in [5.41, 5.74) is 13.3. The van der Waals surface area contributed by atoms with Crippen molar-refractivity contribution >= 4 is 23.4 Å². The molecule has 0 amide bonds. The Morgan fingerprint density at radius 3 is 2.69 bits per heavy atom. The lowest BCUT2D eigenvalue weighted by Gasteiger charge is -2.12. The third-order valence-corrected chi connectivity index (χ3v) is 6.69. The van der Waals surface area contributed by atoms with Crippen LogP contribution in [0.3, 0.4) is 0 Å². The minimum atomic E-state index is 0.103. The summed E-state index contributed by atoms with van der Waals surface area (Å²) < 4.78 is 7.48. The molecule has 32 heavy (non-hydrogen) atoms. The zero-order chi connectivity index (χ0) is 22.2. The number of rotatable bonds is 8. The van der Waals surface area contributed by atoms with E-state index in [1.807, 2.05) is 29.2 Å². The van der Waals surface area contributed by atoms with E-state index in [-0.39, 0.29) is 5.84 Å². The molecule has 1 aliphatic carbocycles. The second kappa shape index (κ2) is 8.44. The van der Waals surface area contributed by atoms with Gasteiger partial charge in [0.1, 0.15) is 11.5 Å². The van der Waals surface area contributed by atoms with Crippen molar-refractivity contribution in [3.63, 3.8) is 0 Å². The van der Waals surface area contributed by atoms with Crippen LogP contribution < -0.4 is 10.5 Å². The highest BCUT2D eigenvalue weighted by Gasteiger charge is 2.23. The number of hydrogen-bond acceptors (Lipinski definition) is 5. The molecule has 8 heteroatoms. The van der Waals surface area contributed by atoms with Crippen molar-refractivity contribution in [2.75, 3.05) is 0 Å². The van der Waals surface area contributed by atoms with E-state index in [0.29, 0.717) is 6.54 Å². The molecule has 1 aliphatic rings. The number of nitrogen functional groups attached to an aromatic ring is 1. The van der Waals surface area contributed by atoms with Crippen LogP contribution in [0.25, 0.3) is 5.65 Å². The Bertz CT molecular complexity index is 1280. The topological polar surface area (TPSA) is 97.0 Å². The second-order valence-electron chi connectivity index (χ2n) is 8.53. The van der Waals surface area contributed by atoms with Gasteiger partial charge in [0.25, 0.3) is 0 Å². The average molecular weight is 446 g/mol. The zero-order valence-corrected chi connectivity index (χ0v) is 19.1. The summed E-state index contributed by atoms with van der Waals surface area (Å²) in [6.45, 7) is 5.48. The first-order valence-electron chi connectivity index (χ1n) is 10.8. The Kier molecular flexibility index (Phi) is 5.48. The largest absolute Gasteiger partial charge is 0.384 e. The standard InChI is InChI=1S/C24H27N7S/c1-15-7-19(24(25)26)8-16(2)22(15)10-28-32-21-9-27-31(14-21)13-20-12-30-11-18(17-3-4-17)5-6-23(30)29-20/h5-9,11-12,14,17,28H,3-4,10,13H2,1-2H3,(H3,25,26). The fourth-order valence-electron chi connectivity index (χ4n) is 4.06. The molecule has 4 N–H and O–H groups in total. The molecule has 0 unspecified atom stereocenters. The van der Waals surface area contributed by atoms with Gasteiger partial charge in [-0.2, -0.15) is 5.10 Å². The molecule has 0 aliphatic heterocycles. The first-order valence-corrected chi connectivity index (χ1v) is 11.6.